The molecule has 0 radical (unpaired) electrons. The van der Waals surface area contributed by atoms with Crippen LogP contribution in [0.5, 0.6) is 0 Å². The fraction of sp³-hybridized carbons (Fsp3) is 0.375. The van der Waals surface area contributed by atoms with Crippen molar-refractivity contribution in [2.75, 3.05) is 0 Å². The topological polar surface area (TPSA) is 63.3 Å². The Balaban J connectivity index is 1.92. The highest BCUT2D eigenvalue weighted by atomic mass is 16.4. The third-order valence-electron chi connectivity index (χ3n) is 3.87. The lowest BCUT2D eigenvalue weighted by molar-refractivity contribution is 0.0688. The van der Waals surface area contributed by atoms with Gasteiger partial charge in [-0.1, -0.05) is 43.9 Å². The summed E-state index contributed by atoms with van der Waals surface area (Å²) in [5.74, 6) is 0.438. The number of carbonyl (C=O) groups is 1. The number of hydrogen-bond donors (Lipinski definition) is 1. The summed E-state index contributed by atoms with van der Waals surface area (Å²) in [6, 6.07) is 9.42. The number of rotatable bonds is 4. The average Bonchev–Trinajstić information content (AvgIpc) is 3.10. The smallest absolute Gasteiger partial charge is 0.358 e. The molecule has 1 fully saturated rings. The molecule has 20 heavy (non-hydrogen) atoms. The molecule has 1 saturated carbocycles. The highest BCUT2D eigenvalue weighted by molar-refractivity contribution is 5.87. The predicted octanol–water partition coefficient (Wildman–Crippen LogP) is 3.77. The molecular weight excluding hydrogens is 254 g/mol. The molecule has 1 aromatic carbocycles. The van der Waals surface area contributed by atoms with Gasteiger partial charge in [0.2, 0.25) is 5.89 Å². The fourth-order valence-corrected chi connectivity index (χ4v) is 2.84. The van der Waals surface area contributed by atoms with Crippen molar-refractivity contribution in [3.63, 3.8) is 0 Å². The molecule has 0 spiro atoms. The molecule has 1 heterocycles. The maximum absolute atomic E-state index is 11.3. The van der Waals surface area contributed by atoms with E-state index in [0.29, 0.717) is 24.0 Å². The van der Waals surface area contributed by atoms with Gasteiger partial charge in [-0.2, -0.15) is 0 Å². The molecule has 104 valence electrons. The second-order valence-corrected chi connectivity index (χ2v) is 5.32. The summed E-state index contributed by atoms with van der Waals surface area (Å²) in [6.07, 6.45) is 5.45. The first-order valence-corrected chi connectivity index (χ1v) is 7.02. The predicted molar refractivity (Wildman–Crippen MR) is 74.6 cm³/mol. The third kappa shape index (κ3) is 2.59. The summed E-state index contributed by atoms with van der Waals surface area (Å²) in [6.45, 7) is 0. The van der Waals surface area contributed by atoms with Gasteiger partial charge >= 0.3 is 5.97 Å². The van der Waals surface area contributed by atoms with E-state index in [1.165, 1.54) is 12.8 Å². The zero-order valence-corrected chi connectivity index (χ0v) is 11.2. The Labute approximate surface area is 117 Å². The van der Waals surface area contributed by atoms with Crippen LogP contribution in [0.25, 0.3) is 11.5 Å². The van der Waals surface area contributed by atoms with E-state index < -0.39 is 5.97 Å². The third-order valence-corrected chi connectivity index (χ3v) is 3.87. The van der Waals surface area contributed by atoms with Gasteiger partial charge in [0.15, 0.2) is 5.69 Å². The van der Waals surface area contributed by atoms with Gasteiger partial charge in [0.1, 0.15) is 5.76 Å². The van der Waals surface area contributed by atoms with Gasteiger partial charge in [0.05, 0.1) is 0 Å². The summed E-state index contributed by atoms with van der Waals surface area (Å²) < 4.78 is 5.73. The number of aromatic nitrogens is 1. The number of hydrogen-bond acceptors (Lipinski definition) is 3. The summed E-state index contributed by atoms with van der Waals surface area (Å²) in [5.41, 5.74) is 0.878. The molecule has 0 atom stereocenters. The van der Waals surface area contributed by atoms with E-state index in [1.54, 1.807) is 0 Å². The number of benzene rings is 1. The lowest BCUT2D eigenvalue weighted by atomic mass is 10.0. The molecule has 1 aliphatic carbocycles. The molecule has 2 aromatic rings. The minimum atomic E-state index is -1.01. The van der Waals surface area contributed by atoms with Gasteiger partial charge in [-0.05, 0) is 18.1 Å². The number of nitrogens with zero attached hydrogens (tertiary/aromatic N) is 1. The van der Waals surface area contributed by atoms with E-state index in [1.807, 2.05) is 30.3 Å². The van der Waals surface area contributed by atoms with E-state index in [4.69, 9.17) is 4.42 Å². The first-order chi connectivity index (χ1) is 9.74. The maximum atomic E-state index is 11.3. The molecule has 3 rings (SSSR count). The second kappa shape index (κ2) is 5.49. The van der Waals surface area contributed by atoms with Crippen LogP contribution in [-0.4, -0.2) is 16.1 Å². The van der Waals surface area contributed by atoms with E-state index in [-0.39, 0.29) is 5.69 Å². The van der Waals surface area contributed by atoms with E-state index >= 15 is 0 Å². The van der Waals surface area contributed by atoms with Gasteiger partial charge in [-0.15, -0.1) is 0 Å². The highest BCUT2D eigenvalue weighted by Gasteiger charge is 2.24. The van der Waals surface area contributed by atoms with Crippen molar-refractivity contribution in [1.29, 1.82) is 0 Å². The summed E-state index contributed by atoms with van der Waals surface area (Å²) in [4.78, 5) is 15.5. The minimum Gasteiger partial charge on any atom is -0.476 e. The first kappa shape index (κ1) is 12.9. The van der Waals surface area contributed by atoms with Gasteiger partial charge < -0.3 is 9.52 Å². The van der Waals surface area contributed by atoms with Crippen LogP contribution in [0.2, 0.25) is 0 Å². The second-order valence-electron chi connectivity index (χ2n) is 5.32. The zero-order valence-electron chi connectivity index (χ0n) is 11.2. The first-order valence-electron chi connectivity index (χ1n) is 7.02. The molecule has 0 aliphatic heterocycles. The van der Waals surface area contributed by atoms with Gasteiger partial charge in [0, 0.05) is 12.0 Å². The van der Waals surface area contributed by atoms with Crippen LogP contribution in [0.1, 0.15) is 41.9 Å². The van der Waals surface area contributed by atoms with Crippen molar-refractivity contribution in [2.24, 2.45) is 5.92 Å². The van der Waals surface area contributed by atoms with Crippen molar-refractivity contribution >= 4 is 5.97 Å². The summed E-state index contributed by atoms with van der Waals surface area (Å²) in [5, 5.41) is 9.28. The van der Waals surface area contributed by atoms with Crippen LogP contribution in [0.3, 0.4) is 0 Å². The Morgan fingerprint density at radius 3 is 2.60 bits per heavy atom. The van der Waals surface area contributed by atoms with Crippen molar-refractivity contribution in [3.8, 4) is 11.5 Å². The van der Waals surface area contributed by atoms with Crippen molar-refractivity contribution in [2.45, 2.75) is 32.1 Å². The molecule has 4 heteroatoms. The Bertz CT molecular complexity index is 597. The Morgan fingerprint density at radius 2 is 1.95 bits per heavy atom. The average molecular weight is 271 g/mol. The fourth-order valence-electron chi connectivity index (χ4n) is 2.84. The van der Waals surface area contributed by atoms with Crippen molar-refractivity contribution in [1.82, 2.24) is 4.98 Å². The molecule has 1 aliphatic rings. The van der Waals surface area contributed by atoms with Gasteiger partial charge in [-0.3, -0.25) is 0 Å². The van der Waals surface area contributed by atoms with Crippen LogP contribution >= 0.6 is 0 Å². The van der Waals surface area contributed by atoms with Crippen LogP contribution < -0.4 is 0 Å². The van der Waals surface area contributed by atoms with Crippen LogP contribution in [0.15, 0.2) is 34.7 Å². The standard InChI is InChI=1S/C16H17NO3/c18-16(19)14-13(10-11-6-4-5-7-11)20-15(17-14)12-8-2-1-3-9-12/h1-3,8-9,11H,4-7,10H2,(H,18,19). The van der Waals surface area contributed by atoms with Gasteiger partial charge in [-0.25, -0.2) is 9.78 Å². The van der Waals surface area contributed by atoms with Crippen LogP contribution in [-0.2, 0) is 6.42 Å². The zero-order chi connectivity index (χ0) is 13.9. The Morgan fingerprint density at radius 1 is 1.25 bits per heavy atom. The molecule has 1 N–H and O–H groups in total. The molecule has 1 aromatic heterocycles. The number of aromatic carboxylic acids is 1. The normalized spacial score (nSPS) is 15.6. The molecule has 4 nitrogen and oxygen atoms in total. The minimum absolute atomic E-state index is 0.0655. The van der Waals surface area contributed by atoms with Crippen LogP contribution in [0.4, 0.5) is 0 Å². The Kier molecular flexibility index (Phi) is 3.54. The molecule has 0 unspecified atom stereocenters. The maximum Gasteiger partial charge on any atom is 0.358 e. The van der Waals surface area contributed by atoms with E-state index in [9.17, 15) is 9.90 Å². The van der Waals surface area contributed by atoms with Crippen LogP contribution in [0, 0.1) is 5.92 Å². The molecule has 0 bridgehead atoms. The monoisotopic (exact) mass is 271 g/mol. The molecular formula is C16H17NO3. The molecule has 0 saturated heterocycles. The summed E-state index contributed by atoms with van der Waals surface area (Å²) >= 11 is 0. The molecule has 0 amide bonds. The largest absolute Gasteiger partial charge is 0.476 e. The lowest BCUT2D eigenvalue weighted by Gasteiger charge is -2.05. The lowest BCUT2D eigenvalue weighted by Crippen LogP contribution is -2.05. The van der Waals surface area contributed by atoms with E-state index in [0.717, 1.165) is 18.4 Å². The Hall–Kier alpha value is -2.10. The summed E-state index contributed by atoms with van der Waals surface area (Å²) in [7, 11) is 0. The quantitative estimate of drug-likeness (QED) is 0.919. The van der Waals surface area contributed by atoms with Gasteiger partial charge in [0.25, 0.3) is 0 Å². The number of carboxylic acid groups (broad SMARTS) is 1. The van der Waals surface area contributed by atoms with E-state index in [2.05, 4.69) is 4.98 Å². The van der Waals surface area contributed by atoms with Crippen molar-refractivity contribution < 1.29 is 14.3 Å². The SMILES string of the molecule is O=C(O)c1nc(-c2ccccc2)oc1CC1CCCC1. The number of carboxylic acids is 1. The number of oxazole rings is 1. The highest BCUT2D eigenvalue weighted by Crippen LogP contribution is 2.31. The van der Waals surface area contributed by atoms with Crippen molar-refractivity contribution in [3.05, 3.63) is 41.8 Å².